The third-order valence-electron chi connectivity index (χ3n) is 9.11. The Morgan fingerprint density at radius 1 is 0.660 bits per heavy atom. The quantitative estimate of drug-likeness (QED) is 0.0198. The van der Waals surface area contributed by atoms with Gasteiger partial charge >= 0.3 is 5.97 Å². The van der Waals surface area contributed by atoms with Crippen molar-refractivity contribution < 1.29 is 19.4 Å². The number of hydrogen-bond donors (Lipinski definition) is 3. The fourth-order valence-corrected chi connectivity index (χ4v) is 6.17. The Bertz CT molecular complexity index is 705. The van der Waals surface area contributed by atoms with E-state index in [0.717, 1.165) is 83.7 Å². The molecule has 0 radical (unpaired) electrons. The number of rotatable bonds is 37. The molecule has 0 heterocycles. The molecule has 8 heteroatoms. The van der Waals surface area contributed by atoms with Gasteiger partial charge in [0, 0.05) is 25.6 Å². The number of unbranched alkanes of at least 4 members (excludes halogenated alkanes) is 19. The van der Waals surface area contributed by atoms with Crippen molar-refractivity contribution >= 4 is 12.3 Å². The molecule has 0 aromatic heterocycles. The summed E-state index contributed by atoms with van der Waals surface area (Å²) in [6, 6.07) is 0. The van der Waals surface area contributed by atoms with Crippen molar-refractivity contribution in [3.8, 4) is 0 Å². The molecule has 47 heavy (non-hydrogen) atoms. The van der Waals surface area contributed by atoms with Gasteiger partial charge in [0.05, 0.1) is 12.3 Å². The SMILES string of the molecule is CCCCCCCCC(CCCCCCCC)OC(=O)CCCCCCCN(CCCCCCCC=O)CCCN(N)/C=C(\N)CO. The highest BCUT2D eigenvalue weighted by Crippen LogP contribution is 2.18. The van der Waals surface area contributed by atoms with Crippen LogP contribution in [0.25, 0.3) is 0 Å². The molecule has 0 saturated heterocycles. The van der Waals surface area contributed by atoms with Gasteiger partial charge in [0.1, 0.15) is 12.4 Å². The van der Waals surface area contributed by atoms with Gasteiger partial charge in [-0.1, -0.05) is 117 Å². The molecule has 0 aliphatic rings. The molecule has 0 aromatic rings. The number of esters is 1. The third kappa shape index (κ3) is 32.7. The molecule has 5 N–H and O–H groups in total. The zero-order valence-corrected chi connectivity index (χ0v) is 31.1. The minimum absolute atomic E-state index is 0.00818. The maximum atomic E-state index is 12.7. The van der Waals surface area contributed by atoms with E-state index in [1.165, 1.54) is 103 Å². The van der Waals surface area contributed by atoms with Crippen molar-refractivity contribution in [2.24, 2.45) is 11.6 Å². The number of ether oxygens (including phenoxy) is 1. The van der Waals surface area contributed by atoms with Crippen molar-refractivity contribution in [2.75, 3.05) is 32.8 Å². The summed E-state index contributed by atoms with van der Waals surface area (Å²) in [6.07, 6.45) is 33.5. The highest BCUT2D eigenvalue weighted by atomic mass is 16.5. The van der Waals surface area contributed by atoms with Gasteiger partial charge in [-0.3, -0.25) is 4.79 Å². The van der Waals surface area contributed by atoms with E-state index >= 15 is 0 Å². The van der Waals surface area contributed by atoms with Crippen LogP contribution in [0.1, 0.15) is 187 Å². The van der Waals surface area contributed by atoms with Gasteiger partial charge in [0.2, 0.25) is 0 Å². The molecule has 278 valence electrons. The van der Waals surface area contributed by atoms with Crippen LogP contribution in [-0.2, 0) is 14.3 Å². The van der Waals surface area contributed by atoms with Gasteiger partial charge < -0.3 is 30.3 Å². The molecule has 0 fully saturated rings. The Hall–Kier alpha value is -1.64. The van der Waals surface area contributed by atoms with Crippen LogP contribution in [-0.4, -0.2) is 66.2 Å². The second-order valence-corrected chi connectivity index (χ2v) is 13.8. The van der Waals surface area contributed by atoms with Crippen molar-refractivity contribution in [1.82, 2.24) is 9.91 Å². The topological polar surface area (TPSA) is 122 Å². The highest BCUT2D eigenvalue weighted by molar-refractivity contribution is 5.69. The van der Waals surface area contributed by atoms with Crippen LogP contribution in [0.3, 0.4) is 0 Å². The van der Waals surface area contributed by atoms with Gasteiger partial charge in [0.25, 0.3) is 0 Å². The Kier molecular flexibility index (Phi) is 34.4. The zero-order valence-electron chi connectivity index (χ0n) is 31.1. The van der Waals surface area contributed by atoms with Gasteiger partial charge in [-0.05, 0) is 77.4 Å². The summed E-state index contributed by atoms with van der Waals surface area (Å²) < 4.78 is 6.02. The second-order valence-electron chi connectivity index (χ2n) is 13.8. The number of aldehydes is 1. The molecule has 8 nitrogen and oxygen atoms in total. The Morgan fingerprint density at radius 2 is 1.13 bits per heavy atom. The van der Waals surface area contributed by atoms with Crippen LogP contribution in [0.4, 0.5) is 0 Å². The van der Waals surface area contributed by atoms with Gasteiger partial charge in [-0.15, -0.1) is 0 Å². The summed E-state index contributed by atoms with van der Waals surface area (Å²) in [5.41, 5.74) is 6.06. The lowest BCUT2D eigenvalue weighted by Crippen LogP contribution is -2.33. The van der Waals surface area contributed by atoms with Crippen LogP contribution in [0, 0.1) is 0 Å². The van der Waals surface area contributed by atoms with Crippen LogP contribution in [0.2, 0.25) is 0 Å². The number of aliphatic hydroxyl groups excluding tert-OH is 1. The molecule has 0 aromatic carbocycles. The largest absolute Gasteiger partial charge is 0.462 e. The molecule has 0 bridgehead atoms. The normalized spacial score (nSPS) is 11.9. The minimum atomic E-state index is -0.188. The van der Waals surface area contributed by atoms with E-state index in [9.17, 15) is 9.59 Å². The first kappa shape index (κ1) is 45.4. The summed E-state index contributed by atoms with van der Waals surface area (Å²) in [7, 11) is 0. The zero-order chi connectivity index (χ0) is 34.6. The molecule has 0 unspecified atom stereocenters. The lowest BCUT2D eigenvalue weighted by atomic mass is 10.0. The standard InChI is InChI=1S/C39H78N4O4/c1-3-5-7-9-14-20-27-38(28-21-15-10-8-6-4-2)47-39(46)29-22-16-13-18-24-31-42(30-23-17-11-12-19-25-34-44)32-26-33-43(41)35-37(40)36-45/h34-35,38,45H,3-33,36,40-41H2,1-2H3/b37-35-. The molecule has 0 saturated carbocycles. The van der Waals surface area contributed by atoms with E-state index in [-0.39, 0.29) is 18.7 Å². The molecule has 0 aliphatic carbocycles. The van der Waals surface area contributed by atoms with Gasteiger partial charge in [-0.25, -0.2) is 5.84 Å². The van der Waals surface area contributed by atoms with Crippen molar-refractivity contribution in [2.45, 2.75) is 193 Å². The maximum absolute atomic E-state index is 12.7. The predicted octanol–water partition coefficient (Wildman–Crippen LogP) is 8.94. The minimum Gasteiger partial charge on any atom is -0.462 e. The first-order valence-electron chi connectivity index (χ1n) is 19.9. The maximum Gasteiger partial charge on any atom is 0.306 e. The number of carbonyl (C=O) groups is 2. The number of hydrogen-bond acceptors (Lipinski definition) is 8. The number of carbonyl (C=O) groups excluding carboxylic acids is 2. The fourth-order valence-electron chi connectivity index (χ4n) is 6.17. The van der Waals surface area contributed by atoms with Gasteiger partial charge in [0.15, 0.2) is 0 Å². The fraction of sp³-hybridized carbons (Fsp3) is 0.897. The number of nitrogens with two attached hydrogens (primary N) is 2. The molecule has 0 amide bonds. The Morgan fingerprint density at radius 3 is 1.66 bits per heavy atom. The molecular formula is C39H78N4O4. The number of aliphatic hydroxyl groups is 1. The van der Waals surface area contributed by atoms with Crippen LogP contribution in [0.15, 0.2) is 11.9 Å². The molecular weight excluding hydrogens is 588 g/mol. The van der Waals surface area contributed by atoms with E-state index in [4.69, 9.17) is 21.4 Å². The van der Waals surface area contributed by atoms with Crippen LogP contribution < -0.4 is 11.6 Å². The number of hydrazine groups is 1. The average Bonchev–Trinajstić information content (AvgIpc) is 3.06. The molecule has 0 atom stereocenters. The predicted molar refractivity (Wildman–Crippen MR) is 199 cm³/mol. The summed E-state index contributed by atoms with van der Waals surface area (Å²) >= 11 is 0. The molecule has 0 spiro atoms. The van der Waals surface area contributed by atoms with E-state index in [2.05, 4.69) is 18.7 Å². The van der Waals surface area contributed by atoms with E-state index in [1.807, 2.05) is 0 Å². The first-order chi connectivity index (χ1) is 23.0. The van der Waals surface area contributed by atoms with E-state index < -0.39 is 0 Å². The van der Waals surface area contributed by atoms with Crippen molar-refractivity contribution in [3.63, 3.8) is 0 Å². The summed E-state index contributed by atoms with van der Waals surface area (Å²) in [6.45, 7) is 8.16. The Labute approximate surface area is 290 Å². The molecule has 0 rings (SSSR count). The first-order valence-corrected chi connectivity index (χ1v) is 19.9. The lowest BCUT2D eigenvalue weighted by molar-refractivity contribution is -0.150. The summed E-state index contributed by atoms with van der Waals surface area (Å²) in [5, 5.41) is 10.7. The summed E-state index contributed by atoms with van der Waals surface area (Å²) in [5.74, 6) is 6.01. The van der Waals surface area contributed by atoms with Crippen LogP contribution >= 0.6 is 0 Å². The Balaban J connectivity index is 4.40. The third-order valence-corrected chi connectivity index (χ3v) is 9.11. The second kappa shape index (κ2) is 35.7. The van der Waals surface area contributed by atoms with Gasteiger partial charge in [-0.2, -0.15) is 0 Å². The van der Waals surface area contributed by atoms with Crippen molar-refractivity contribution in [3.05, 3.63) is 11.9 Å². The smallest absolute Gasteiger partial charge is 0.306 e. The highest BCUT2D eigenvalue weighted by Gasteiger charge is 2.14. The summed E-state index contributed by atoms with van der Waals surface area (Å²) in [4.78, 5) is 25.8. The molecule has 0 aliphatic heterocycles. The lowest BCUT2D eigenvalue weighted by Gasteiger charge is -2.24. The van der Waals surface area contributed by atoms with E-state index in [0.29, 0.717) is 25.1 Å². The van der Waals surface area contributed by atoms with E-state index in [1.54, 1.807) is 11.2 Å². The monoisotopic (exact) mass is 667 g/mol. The number of nitrogens with zero attached hydrogens (tertiary/aromatic N) is 2. The van der Waals surface area contributed by atoms with Crippen LogP contribution in [0.5, 0.6) is 0 Å². The van der Waals surface area contributed by atoms with Crippen molar-refractivity contribution in [1.29, 1.82) is 0 Å². The average molecular weight is 667 g/mol.